The van der Waals surface area contributed by atoms with Crippen LogP contribution in [0.1, 0.15) is 11.6 Å². The first-order valence-corrected chi connectivity index (χ1v) is 7.93. The molecule has 0 bridgehead atoms. The number of halogens is 1. The number of para-hydroxylation sites is 1. The van der Waals surface area contributed by atoms with E-state index in [1.54, 1.807) is 30.3 Å². The van der Waals surface area contributed by atoms with E-state index in [0.29, 0.717) is 15.6 Å². The fraction of sp³-hybridized carbons (Fsp3) is 0.143. The summed E-state index contributed by atoms with van der Waals surface area (Å²) < 4.78 is 24.5. The number of rotatable bonds is 1. The average Bonchev–Trinajstić information content (AvgIpc) is 2.39. The molecule has 0 aromatic heterocycles. The molecule has 98 valence electrons. The second kappa shape index (κ2) is 4.54. The van der Waals surface area contributed by atoms with Gasteiger partial charge >= 0.3 is 0 Å². The highest BCUT2D eigenvalue weighted by atomic mass is 35.5. The lowest BCUT2D eigenvalue weighted by Crippen LogP contribution is -2.27. The molecule has 2 aromatic carbocycles. The number of hydrogen-bond acceptors (Lipinski definition) is 3. The van der Waals surface area contributed by atoms with Gasteiger partial charge in [-0.05, 0) is 29.8 Å². The van der Waals surface area contributed by atoms with Crippen LogP contribution in [0, 0.1) is 0 Å². The fourth-order valence-electron chi connectivity index (χ4n) is 2.27. The van der Waals surface area contributed by atoms with E-state index >= 15 is 0 Å². The van der Waals surface area contributed by atoms with Crippen LogP contribution in [0.4, 0.5) is 5.69 Å². The molecule has 0 saturated heterocycles. The Hall–Kier alpha value is -1.52. The van der Waals surface area contributed by atoms with Crippen molar-refractivity contribution >= 4 is 27.1 Å². The van der Waals surface area contributed by atoms with Gasteiger partial charge in [-0.25, -0.2) is 8.42 Å². The maximum atomic E-state index is 12.3. The highest BCUT2D eigenvalue weighted by Crippen LogP contribution is 2.34. The van der Waals surface area contributed by atoms with Gasteiger partial charge in [0.15, 0.2) is 9.84 Å². The molecule has 0 amide bonds. The molecule has 1 heterocycles. The Labute approximate surface area is 117 Å². The van der Waals surface area contributed by atoms with Gasteiger partial charge in [0.25, 0.3) is 0 Å². The smallest absolute Gasteiger partial charge is 0.182 e. The minimum absolute atomic E-state index is 0.0612. The summed E-state index contributed by atoms with van der Waals surface area (Å²) in [6, 6.07) is 14.0. The van der Waals surface area contributed by atoms with Gasteiger partial charge in [-0.15, -0.1) is 0 Å². The van der Waals surface area contributed by atoms with E-state index in [9.17, 15) is 8.42 Å². The number of nitrogens with one attached hydrogen (secondary N) is 1. The zero-order valence-corrected chi connectivity index (χ0v) is 11.6. The Morgan fingerprint density at radius 3 is 2.47 bits per heavy atom. The largest absolute Gasteiger partial charge is 0.376 e. The van der Waals surface area contributed by atoms with Crippen LogP contribution in [0.3, 0.4) is 0 Å². The molecule has 0 aliphatic carbocycles. The lowest BCUT2D eigenvalue weighted by Gasteiger charge is -2.27. The number of benzene rings is 2. The van der Waals surface area contributed by atoms with Crippen molar-refractivity contribution in [1.82, 2.24) is 0 Å². The Balaban J connectivity index is 2.03. The van der Waals surface area contributed by atoms with Gasteiger partial charge < -0.3 is 5.32 Å². The molecule has 0 spiro atoms. The van der Waals surface area contributed by atoms with Crippen LogP contribution < -0.4 is 5.32 Å². The molecule has 1 aliphatic rings. The summed E-state index contributed by atoms with van der Waals surface area (Å²) >= 11 is 5.85. The number of sulfone groups is 1. The molecule has 1 N–H and O–H groups in total. The fourth-order valence-corrected chi connectivity index (χ4v) is 4.04. The quantitative estimate of drug-likeness (QED) is 0.878. The van der Waals surface area contributed by atoms with E-state index in [2.05, 4.69) is 5.32 Å². The van der Waals surface area contributed by atoms with Crippen molar-refractivity contribution in [2.75, 3.05) is 11.1 Å². The predicted molar refractivity (Wildman–Crippen MR) is 76.3 cm³/mol. The van der Waals surface area contributed by atoms with Crippen LogP contribution in [-0.2, 0) is 9.84 Å². The Kier molecular flexibility index (Phi) is 2.99. The molecule has 0 radical (unpaired) electrons. The third-order valence-corrected chi connectivity index (χ3v) is 5.26. The van der Waals surface area contributed by atoms with Crippen molar-refractivity contribution in [3.8, 4) is 0 Å². The summed E-state index contributed by atoms with van der Waals surface area (Å²) in [5.41, 5.74) is 1.58. The summed E-state index contributed by atoms with van der Waals surface area (Å²) in [7, 11) is -3.24. The molecule has 2 aromatic rings. The first-order chi connectivity index (χ1) is 9.06. The van der Waals surface area contributed by atoms with Crippen LogP contribution in [0.25, 0.3) is 0 Å². The van der Waals surface area contributed by atoms with E-state index < -0.39 is 9.84 Å². The minimum Gasteiger partial charge on any atom is -0.376 e. The van der Waals surface area contributed by atoms with Gasteiger partial charge in [-0.2, -0.15) is 0 Å². The highest BCUT2D eigenvalue weighted by Gasteiger charge is 2.30. The van der Waals surface area contributed by atoms with E-state index in [0.717, 1.165) is 5.56 Å². The minimum atomic E-state index is -3.24. The highest BCUT2D eigenvalue weighted by molar-refractivity contribution is 7.91. The third-order valence-electron chi connectivity index (χ3n) is 3.21. The Morgan fingerprint density at radius 1 is 1.05 bits per heavy atom. The standard InChI is InChI=1S/C14H12ClNO2S/c15-11-7-5-10(6-8-11)13-9-19(17,18)14-4-2-1-3-12(14)16-13/h1-8,13,16H,9H2. The average molecular weight is 294 g/mol. The predicted octanol–water partition coefficient (Wildman–Crippen LogP) is 3.28. The summed E-state index contributed by atoms with van der Waals surface area (Å²) in [4.78, 5) is 0.375. The SMILES string of the molecule is O=S1(=O)CC(c2ccc(Cl)cc2)Nc2ccccc21. The van der Waals surface area contributed by atoms with E-state index in [1.165, 1.54) is 0 Å². The van der Waals surface area contributed by atoms with E-state index in [-0.39, 0.29) is 11.8 Å². The van der Waals surface area contributed by atoms with Crippen LogP contribution in [0.2, 0.25) is 5.02 Å². The van der Waals surface area contributed by atoms with Crippen molar-refractivity contribution in [3.63, 3.8) is 0 Å². The van der Waals surface area contributed by atoms with Gasteiger partial charge in [0.05, 0.1) is 22.4 Å². The van der Waals surface area contributed by atoms with Crippen molar-refractivity contribution < 1.29 is 8.42 Å². The third kappa shape index (κ3) is 2.33. The van der Waals surface area contributed by atoms with Gasteiger partial charge in [0.1, 0.15) is 0 Å². The van der Waals surface area contributed by atoms with E-state index in [4.69, 9.17) is 11.6 Å². The molecule has 0 saturated carbocycles. The maximum absolute atomic E-state index is 12.3. The molecular weight excluding hydrogens is 282 g/mol. The molecular formula is C14H12ClNO2S. The molecule has 0 fully saturated rings. The molecule has 5 heteroatoms. The van der Waals surface area contributed by atoms with Crippen molar-refractivity contribution in [1.29, 1.82) is 0 Å². The van der Waals surface area contributed by atoms with E-state index in [1.807, 2.05) is 18.2 Å². The van der Waals surface area contributed by atoms with Gasteiger partial charge in [0.2, 0.25) is 0 Å². The summed E-state index contributed by atoms with van der Waals surface area (Å²) in [5.74, 6) is 0.0612. The second-order valence-corrected chi connectivity index (χ2v) is 6.97. The first kappa shape index (κ1) is 12.5. The van der Waals surface area contributed by atoms with Crippen LogP contribution in [-0.4, -0.2) is 14.2 Å². The van der Waals surface area contributed by atoms with Crippen molar-refractivity contribution in [2.45, 2.75) is 10.9 Å². The number of anilines is 1. The first-order valence-electron chi connectivity index (χ1n) is 5.90. The van der Waals surface area contributed by atoms with Gasteiger partial charge in [0, 0.05) is 5.02 Å². The monoisotopic (exact) mass is 293 g/mol. The zero-order chi connectivity index (χ0) is 13.5. The molecule has 1 unspecified atom stereocenters. The molecule has 3 nitrogen and oxygen atoms in total. The molecule has 1 atom stereocenters. The van der Waals surface area contributed by atoms with Crippen LogP contribution in [0.15, 0.2) is 53.4 Å². The topological polar surface area (TPSA) is 46.2 Å². The second-order valence-electron chi connectivity index (χ2n) is 4.53. The number of hydrogen-bond donors (Lipinski definition) is 1. The van der Waals surface area contributed by atoms with Crippen LogP contribution >= 0.6 is 11.6 Å². The molecule has 1 aliphatic heterocycles. The normalized spacial score (nSPS) is 20.4. The molecule has 3 rings (SSSR count). The zero-order valence-electron chi connectivity index (χ0n) is 10.0. The Bertz CT molecular complexity index is 710. The molecule has 19 heavy (non-hydrogen) atoms. The lowest BCUT2D eigenvalue weighted by molar-refractivity contribution is 0.587. The van der Waals surface area contributed by atoms with Crippen molar-refractivity contribution in [2.24, 2.45) is 0 Å². The number of fused-ring (bicyclic) bond motifs is 1. The maximum Gasteiger partial charge on any atom is 0.182 e. The Morgan fingerprint density at radius 2 is 1.74 bits per heavy atom. The van der Waals surface area contributed by atoms with Gasteiger partial charge in [-0.3, -0.25) is 0 Å². The summed E-state index contributed by atoms with van der Waals surface area (Å²) in [6.45, 7) is 0. The van der Waals surface area contributed by atoms with Crippen LogP contribution in [0.5, 0.6) is 0 Å². The summed E-state index contributed by atoms with van der Waals surface area (Å²) in [6.07, 6.45) is 0. The summed E-state index contributed by atoms with van der Waals surface area (Å²) in [5, 5.41) is 3.91. The lowest BCUT2D eigenvalue weighted by atomic mass is 10.1. The van der Waals surface area contributed by atoms with Crippen molar-refractivity contribution in [3.05, 3.63) is 59.1 Å². The van der Waals surface area contributed by atoms with Gasteiger partial charge in [-0.1, -0.05) is 35.9 Å².